The van der Waals surface area contributed by atoms with Gasteiger partial charge in [-0.2, -0.15) is 0 Å². The highest BCUT2D eigenvalue weighted by molar-refractivity contribution is 5.77. The topological polar surface area (TPSA) is 66.8 Å². The number of benzene rings is 1. The Bertz CT molecular complexity index is 388. The van der Waals surface area contributed by atoms with Gasteiger partial charge in [-0.1, -0.05) is 30.3 Å². The molecular formula is C14H20O4. The van der Waals surface area contributed by atoms with Crippen LogP contribution in [-0.2, 0) is 16.0 Å². The summed E-state index contributed by atoms with van der Waals surface area (Å²) < 4.78 is 5.52. The van der Waals surface area contributed by atoms with Gasteiger partial charge in [-0.15, -0.1) is 0 Å². The van der Waals surface area contributed by atoms with Gasteiger partial charge in [0.15, 0.2) is 5.60 Å². The van der Waals surface area contributed by atoms with Gasteiger partial charge in [0.05, 0.1) is 12.2 Å². The average Bonchev–Trinajstić information content (AvgIpc) is 2.29. The summed E-state index contributed by atoms with van der Waals surface area (Å²) in [6.07, 6.45) is -0.977. The smallest absolute Gasteiger partial charge is 0.336 e. The second-order valence-electron chi connectivity index (χ2n) is 4.76. The first-order chi connectivity index (χ1) is 8.35. The molecule has 0 bridgehead atoms. The molecule has 0 saturated heterocycles. The van der Waals surface area contributed by atoms with Gasteiger partial charge in [0.25, 0.3) is 0 Å². The van der Waals surface area contributed by atoms with Crippen molar-refractivity contribution in [2.75, 3.05) is 0 Å². The van der Waals surface area contributed by atoms with E-state index >= 15 is 0 Å². The summed E-state index contributed by atoms with van der Waals surface area (Å²) >= 11 is 0. The van der Waals surface area contributed by atoms with E-state index < -0.39 is 23.8 Å². The number of aliphatic carboxylic acids is 1. The van der Waals surface area contributed by atoms with Crippen molar-refractivity contribution in [3.63, 3.8) is 0 Å². The molecule has 0 aromatic heterocycles. The first kappa shape index (κ1) is 14.7. The lowest BCUT2D eigenvalue weighted by Gasteiger charge is -2.30. The molecule has 18 heavy (non-hydrogen) atoms. The zero-order chi connectivity index (χ0) is 13.8. The van der Waals surface area contributed by atoms with Crippen LogP contribution in [0.2, 0.25) is 0 Å². The molecule has 0 radical (unpaired) electrons. The van der Waals surface area contributed by atoms with E-state index in [1.54, 1.807) is 13.8 Å². The molecule has 0 fully saturated rings. The molecule has 2 N–H and O–H groups in total. The van der Waals surface area contributed by atoms with Crippen molar-refractivity contribution in [3.05, 3.63) is 35.9 Å². The van der Waals surface area contributed by atoms with Crippen molar-refractivity contribution < 1.29 is 19.7 Å². The van der Waals surface area contributed by atoms with E-state index in [1.165, 1.54) is 6.92 Å². The minimum atomic E-state index is -1.34. The third kappa shape index (κ3) is 3.82. The zero-order valence-electron chi connectivity index (χ0n) is 11.0. The van der Waals surface area contributed by atoms with Crippen LogP contribution in [0, 0.1) is 0 Å². The van der Waals surface area contributed by atoms with Crippen LogP contribution in [0.3, 0.4) is 0 Å². The van der Waals surface area contributed by atoms with Crippen LogP contribution in [0.1, 0.15) is 26.3 Å². The molecule has 0 saturated carbocycles. The Kier molecular flexibility index (Phi) is 4.87. The van der Waals surface area contributed by atoms with E-state index in [0.717, 1.165) is 5.56 Å². The number of rotatable bonds is 6. The minimum Gasteiger partial charge on any atom is -0.479 e. The number of aliphatic hydroxyl groups excluding tert-OH is 1. The maximum atomic E-state index is 11.4. The van der Waals surface area contributed by atoms with Crippen LogP contribution in [0.4, 0.5) is 0 Å². The number of aliphatic hydroxyl groups is 1. The van der Waals surface area contributed by atoms with Crippen LogP contribution >= 0.6 is 0 Å². The predicted molar refractivity (Wildman–Crippen MR) is 68.4 cm³/mol. The fraction of sp³-hybridized carbons (Fsp3) is 0.500. The zero-order valence-corrected chi connectivity index (χ0v) is 11.0. The van der Waals surface area contributed by atoms with E-state index in [4.69, 9.17) is 4.74 Å². The van der Waals surface area contributed by atoms with Gasteiger partial charge in [-0.25, -0.2) is 4.79 Å². The molecule has 0 aliphatic heterocycles. The second-order valence-corrected chi connectivity index (χ2v) is 4.76. The number of carboxylic acid groups (broad SMARTS) is 1. The summed E-state index contributed by atoms with van der Waals surface area (Å²) in [5, 5.41) is 18.7. The van der Waals surface area contributed by atoms with E-state index in [0.29, 0.717) is 0 Å². The van der Waals surface area contributed by atoms with Crippen LogP contribution in [-0.4, -0.2) is 34.0 Å². The van der Waals surface area contributed by atoms with Crippen LogP contribution in [0.5, 0.6) is 0 Å². The van der Waals surface area contributed by atoms with Crippen molar-refractivity contribution in [1.29, 1.82) is 0 Å². The molecule has 100 valence electrons. The van der Waals surface area contributed by atoms with E-state index in [2.05, 4.69) is 0 Å². The van der Waals surface area contributed by atoms with Crippen molar-refractivity contribution in [2.45, 2.75) is 45.0 Å². The number of carboxylic acids is 1. The molecular weight excluding hydrogens is 232 g/mol. The van der Waals surface area contributed by atoms with Gasteiger partial charge in [0, 0.05) is 6.42 Å². The molecule has 1 rings (SSSR count). The van der Waals surface area contributed by atoms with Crippen LogP contribution in [0.25, 0.3) is 0 Å². The van der Waals surface area contributed by atoms with Crippen LogP contribution in [0.15, 0.2) is 30.3 Å². The molecule has 1 aromatic rings. The number of carbonyl (C=O) groups is 1. The van der Waals surface area contributed by atoms with Gasteiger partial charge in [-0.3, -0.25) is 0 Å². The molecule has 0 amide bonds. The Balaban J connectivity index is 2.84. The molecule has 1 aromatic carbocycles. The Hall–Kier alpha value is -1.39. The fourth-order valence-electron chi connectivity index (χ4n) is 1.66. The summed E-state index contributed by atoms with van der Waals surface area (Å²) in [5.41, 5.74) is -0.446. The van der Waals surface area contributed by atoms with Crippen molar-refractivity contribution in [2.24, 2.45) is 0 Å². The molecule has 3 atom stereocenters. The van der Waals surface area contributed by atoms with E-state index in [1.807, 2.05) is 30.3 Å². The number of ether oxygens (including phenoxy) is 1. The Morgan fingerprint density at radius 1 is 1.33 bits per heavy atom. The molecule has 0 aliphatic rings. The van der Waals surface area contributed by atoms with Crippen molar-refractivity contribution in [3.8, 4) is 0 Å². The summed E-state index contributed by atoms with van der Waals surface area (Å²) in [6, 6.07) is 9.31. The molecule has 4 nitrogen and oxygen atoms in total. The lowest BCUT2D eigenvalue weighted by molar-refractivity contribution is -0.176. The average molecular weight is 252 g/mol. The molecule has 4 heteroatoms. The summed E-state index contributed by atoms with van der Waals surface area (Å²) in [6.45, 7) is 4.77. The fourth-order valence-corrected chi connectivity index (χ4v) is 1.66. The largest absolute Gasteiger partial charge is 0.479 e. The lowest BCUT2D eigenvalue weighted by atomic mass is 9.96. The van der Waals surface area contributed by atoms with Gasteiger partial charge in [0.2, 0.25) is 0 Å². The van der Waals surface area contributed by atoms with Gasteiger partial charge < -0.3 is 14.9 Å². The molecule has 0 aliphatic carbocycles. The monoisotopic (exact) mass is 252 g/mol. The Labute approximate surface area is 107 Å². The predicted octanol–water partition coefficient (Wildman–Crippen LogP) is 1.86. The highest BCUT2D eigenvalue weighted by Gasteiger charge is 2.37. The third-order valence-electron chi connectivity index (χ3n) is 2.96. The number of hydrogen-bond acceptors (Lipinski definition) is 3. The molecule has 0 spiro atoms. The maximum absolute atomic E-state index is 11.4. The first-order valence-electron chi connectivity index (χ1n) is 5.98. The summed E-state index contributed by atoms with van der Waals surface area (Å²) in [4.78, 5) is 11.4. The van der Waals surface area contributed by atoms with Gasteiger partial charge in [-0.05, 0) is 26.3 Å². The normalized spacial score (nSPS) is 17.8. The van der Waals surface area contributed by atoms with E-state index in [-0.39, 0.29) is 6.42 Å². The van der Waals surface area contributed by atoms with Gasteiger partial charge in [0.1, 0.15) is 0 Å². The van der Waals surface area contributed by atoms with E-state index in [9.17, 15) is 15.0 Å². The summed E-state index contributed by atoms with van der Waals surface area (Å²) in [5.74, 6) is -1.03. The quantitative estimate of drug-likeness (QED) is 0.811. The third-order valence-corrected chi connectivity index (χ3v) is 2.96. The molecule has 3 unspecified atom stereocenters. The maximum Gasteiger partial charge on any atom is 0.336 e. The SMILES string of the molecule is CC(O)C(C)OC(C)(Cc1ccccc1)C(=O)O. The highest BCUT2D eigenvalue weighted by Crippen LogP contribution is 2.21. The van der Waals surface area contributed by atoms with Crippen molar-refractivity contribution >= 4 is 5.97 Å². The van der Waals surface area contributed by atoms with Crippen molar-refractivity contribution in [1.82, 2.24) is 0 Å². The molecule has 0 heterocycles. The minimum absolute atomic E-state index is 0.264. The van der Waals surface area contributed by atoms with Crippen LogP contribution < -0.4 is 0 Å². The van der Waals surface area contributed by atoms with Gasteiger partial charge >= 0.3 is 5.97 Å². The summed E-state index contributed by atoms with van der Waals surface area (Å²) in [7, 11) is 0. The Morgan fingerprint density at radius 2 is 1.89 bits per heavy atom. The first-order valence-corrected chi connectivity index (χ1v) is 5.98. The second kappa shape index (κ2) is 5.98. The highest BCUT2D eigenvalue weighted by atomic mass is 16.5. The Morgan fingerprint density at radius 3 is 2.33 bits per heavy atom. The lowest BCUT2D eigenvalue weighted by Crippen LogP contribution is -2.45. The number of hydrogen-bond donors (Lipinski definition) is 2. The standard InChI is InChI=1S/C14H20O4/c1-10(15)11(2)18-14(3,13(16)17)9-12-7-5-4-6-8-12/h4-8,10-11,15H,9H2,1-3H3,(H,16,17).